The Morgan fingerprint density at radius 3 is 2.33 bits per heavy atom. The molecule has 1 aliphatic rings. The van der Waals surface area contributed by atoms with Crippen LogP contribution >= 0.6 is 11.3 Å². The van der Waals surface area contributed by atoms with Gasteiger partial charge in [0.2, 0.25) is 0 Å². The molecule has 0 aliphatic carbocycles. The Bertz CT molecular complexity index is 2300. The number of allylic oxidation sites excluding steroid dienone is 1. The Morgan fingerprint density at radius 2 is 1.69 bits per heavy atom. The number of rotatable bonds is 8. The Morgan fingerprint density at radius 1 is 0.979 bits per heavy atom. The standard InChI is InChI=1S/C34H27N5O8S/c1-19-28(33(42)47-4)30(20-10-12-21(13-11-20)32(41)46-3)38-31(40)27(48-34(38)35-19)17-23-18-37(24-8-6-5-7-9-24)36-29(23)22-14-15-26(45-2)25(16-22)39(43)44/h5-18,30H,1-4H3. The van der Waals surface area contributed by atoms with Crippen molar-refractivity contribution in [3.8, 4) is 22.7 Å². The molecule has 0 saturated carbocycles. The molecule has 13 nitrogen and oxygen atoms in total. The molecule has 48 heavy (non-hydrogen) atoms. The zero-order valence-electron chi connectivity index (χ0n) is 26.1. The highest BCUT2D eigenvalue weighted by Crippen LogP contribution is 2.34. The van der Waals surface area contributed by atoms with Gasteiger partial charge in [-0.2, -0.15) is 5.10 Å². The molecule has 0 saturated heterocycles. The van der Waals surface area contributed by atoms with Gasteiger partial charge < -0.3 is 14.2 Å². The van der Waals surface area contributed by atoms with Crippen molar-refractivity contribution in [2.24, 2.45) is 4.99 Å². The second-order valence-electron chi connectivity index (χ2n) is 10.5. The number of carbonyl (C=O) groups excluding carboxylic acids is 2. The number of nitrogens with zero attached hydrogens (tertiary/aromatic N) is 5. The van der Waals surface area contributed by atoms with E-state index in [-0.39, 0.29) is 21.5 Å². The molecule has 3 heterocycles. The lowest BCUT2D eigenvalue weighted by molar-refractivity contribution is -0.385. The van der Waals surface area contributed by atoms with Crippen molar-refractivity contribution in [2.75, 3.05) is 21.3 Å². The van der Waals surface area contributed by atoms with Gasteiger partial charge in [-0.1, -0.05) is 41.7 Å². The summed E-state index contributed by atoms with van der Waals surface area (Å²) in [6.07, 6.45) is 3.38. The number of thiazole rings is 1. The van der Waals surface area contributed by atoms with Gasteiger partial charge in [-0.15, -0.1) is 0 Å². The summed E-state index contributed by atoms with van der Waals surface area (Å²) in [6, 6.07) is 19.3. The zero-order valence-corrected chi connectivity index (χ0v) is 26.9. The number of methoxy groups -OCH3 is 3. The van der Waals surface area contributed by atoms with E-state index in [0.29, 0.717) is 38.4 Å². The predicted octanol–water partition coefficient (Wildman–Crippen LogP) is 3.96. The van der Waals surface area contributed by atoms with E-state index in [0.717, 1.165) is 17.0 Å². The van der Waals surface area contributed by atoms with Crippen LogP contribution in [-0.2, 0) is 14.3 Å². The van der Waals surface area contributed by atoms with Crippen LogP contribution in [0.1, 0.15) is 34.5 Å². The number of aromatic nitrogens is 3. The molecule has 1 atom stereocenters. The number of fused-ring (bicyclic) bond motifs is 1. The average Bonchev–Trinajstić information content (AvgIpc) is 3.67. The van der Waals surface area contributed by atoms with Crippen LogP contribution in [0, 0.1) is 10.1 Å². The maximum absolute atomic E-state index is 14.2. The minimum absolute atomic E-state index is 0.0949. The van der Waals surface area contributed by atoms with Gasteiger partial charge in [0.05, 0.1) is 59.3 Å². The Labute approximate surface area is 276 Å². The van der Waals surface area contributed by atoms with Gasteiger partial charge in [-0.3, -0.25) is 19.5 Å². The Kier molecular flexibility index (Phi) is 8.57. The van der Waals surface area contributed by atoms with E-state index < -0.39 is 28.5 Å². The summed E-state index contributed by atoms with van der Waals surface area (Å²) in [7, 11) is 3.88. The van der Waals surface area contributed by atoms with Gasteiger partial charge in [-0.25, -0.2) is 19.3 Å². The van der Waals surface area contributed by atoms with Crippen molar-refractivity contribution in [3.05, 3.63) is 137 Å². The highest BCUT2D eigenvalue weighted by molar-refractivity contribution is 7.07. The second-order valence-corrected chi connectivity index (χ2v) is 11.6. The van der Waals surface area contributed by atoms with Crippen LogP contribution in [0.5, 0.6) is 5.75 Å². The van der Waals surface area contributed by atoms with Crippen LogP contribution in [0.25, 0.3) is 23.0 Å². The quantitative estimate of drug-likeness (QED) is 0.136. The molecule has 0 N–H and O–H groups in total. The van der Waals surface area contributed by atoms with Crippen molar-refractivity contribution < 1.29 is 28.7 Å². The van der Waals surface area contributed by atoms with Gasteiger partial charge in [0.1, 0.15) is 5.69 Å². The lowest BCUT2D eigenvalue weighted by Crippen LogP contribution is -2.39. The van der Waals surface area contributed by atoms with Gasteiger partial charge in [0.15, 0.2) is 10.6 Å². The zero-order chi connectivity index (χ0) is 34.1. The predicted molar refractivity (Wildman–Crippen MR) is 176 cm³/mol. The first-order chi connectivity index (χ1) is 23.1. The number of ether oxygens (including phenoxy) is 3. The maximum atomic E-state index is 14.2. The molecule has 0 amide bonds. The molecular formula is C34H27N5O8S. The van der Waals surface area contributed by atoms with Crippen LogP contribution in [0.4, 0.5) is 5.69 Å². The topological polar surface area (TPSA) is 157 Å². The van der Waals surface area contributed by atoms with Crippen LogP contribution < -0.4 is 19.6 Å². The second kappa shape index (κ2) is 12.9. The lowest BCUT2D eigenvalue weighted by Gasteiger charge is -2.24. The van der Waals surface area contributed by atoms with Crippen molar-refractivity contribution in [3.63, 3.8) is 0 Å². The van der Waals surface area contributed by atoms with E-state index in [2.05, 4.69) is 4.99 Å². The molecule has 1 unspecified atom stereocenters. The van der Waals surface area contributed by atoms with Gasteiger partial charge in [0.25, 0.3) is 5.56 Å². The SMILES string of the molecule is COC(=O)C1=C(C)N=c2sc(=Cc3cn(-c4ccccc4)nc3-c3ccc(OC)c([N+](=O)[O-])c3)c(=O)n2C1c1ccc(C(=O)OC)cc1. The van der Waals surface area contributed by atoms with Gasteiger partial charge >= 0.3 is 17.6 Å². The first-order valence-electron chi connectivity index (χ1n) is 14.4. The van der Waals surface area contributed by atoms with E-state index in [1.807, 2.05) is 30.3 Å². The molecular weight excluding hydrogens is 638 g/mol. The minimum Gasteiger partial charge on any atom is -0.490 e. The van der Waals surface area contributed by atoms with Gasteiger partial charge in [-0.05, 0) is 55.0 Å². The lowest BCUT2D eigenvalue weighted by atomic mass is 9.95. The van der Waals surface area contributed by atoms with Crippen molar-refractivity contribution in [1.82, 2.24) is 14.3 Å². The third kappa shape index (κ3) is 5.69. The van der Waals surface area contributed by atoms with E-state index in [1.54, 1.807) is 54.2 Å². The molecule has 0 bridgehead atoms. The van der Waals surface area contributed by atoms with Crippen LogP contribution in [0.15, 0.2) is 100 Å². The summed E-state index contributed by atoms with van der Waals surface area (Å²) in [5.74, 6) is -1.09. The summed E-state index contributed by atoms with van der Waals surface area (Å²) in [5, 5.41) is 16.6. The molecule has 1 aliphatic heterocycles. The molecule has 242 valence electrons. The fourth-order valence-electron chi connectivity index (χ4n) is 5.48. The highest BCUT2D eigenvalue weighted by atomic mass is 32.1. The highest BCUT2D eigenvalue weighted by Gasteiger charge is 2.33. The number of esters is 2. The fraction of sp³-hybridized carbons (Fsp3) is 0.147. The van der Waals surface area contributed by atoms with E-state index >= 15 is 0 Å². The molecule has 6 rings (SSSR count). The third-order valence-corrected chi connectivity index (χ3v) is 8.76. The molecule has 5 aromatic rings. The van der Waals surface area contributed by atoms with Crippen LogP contribution in [0.3, 0.4) is 0 Å². The van der Waals surface area contributed by atoms with Crippen molar-refractivity contribution in [2.45, 2.75) is 13.0 Å². The monoisotopic (exact) mass is 665 g/mol. The molecule has 0 spiro atoms. The van der Waals surface area contributed by atoms with E-state index in [9.17, 15) is 24.5 Å². The first kappa shape index (κ1) is 31.8. The smallest absolute Gasteiger partial charge is 0.338 e. The number of nitro groups is 1. The summed E-state index contributed by atoms with van der Waals surface area (Å²) in [5.41, 5.74) is 2.78. The Hall–Kier alpha value is -6.15. The minimum atomic E-state index is -0.904. The maximum Gasteiger partial charge on any atom is 0.338 e. The first-order valence-corrected chi connectivity index (χ1v) is 15.2. The number of hydrogen-bond acceptors (Lipinski definition) is 11. The number of benzene rings is 3. The summed E-state index contributed by atoms with van der Waals surface area (Å²) in [6.45, 7) is 1.66. The third-order valence-electron chi connectivity index (χ3n) is 7.77. The number of nitro benzene ring substituents is 1. The normalized spacial score (nSPS) is 14.2. The van der Waals surface area contributed by atoms with E-state index in [4.69, 9.17) is 19.3 Å². The van der Waals surface area contributed by atoms with Crippen molar-refractivity contribution in [1.29, 1.82) is 0 Å². The van der Waals surface area contributed by atoms with Crippen LogP contribution in [-0.4, -0.2) is 52.5 Å². The van der Waals surface area contributed by atoms with E-state index in [1.165, 1.54) is 38.0 Å². The molecule has 3 aromatic carbocycles. The summed E-state index contributed by atoms with van der Waals surface area (Å²) in [4.78, 5) is 55.6. The summed E-state index contributed by atoms with van der Waals surface area (Å²) >= 11 is 1.12. The molecule has 0 fully saturated rings. The largest absolute Gasteiger partial charge is 0.490 e. The number of carbonyl (C=O) groups is 2. The fourth-order valence-corrected chi connectivity index (χ4v) is 6.52. The molecule has 2 aromatic heterocycles. The number of para-hydroxylation sites is 1. The summed E-state index contributed by atoms with van der Waals surface area (Å²) < 4.78 is 18.4. The van der Waals surface area contributed by atoms with Crippen LogP contribution in [0.2, 0.25) is 0 Å². The number of hydrogen-bond donors (Lipinski definition) is 0. The molecule has 14 heteroatoms. The van der Waals surface area contributed by atoms with Crippen molar-refractivity contribution >= 4 is 35.0 Å². The van der Waals surface area contributed by atoms with Gasteiger partial charge in [0, 0.05) is 23.4 Å². The average molecular weight is 666 g/mol. The molecule has 0 radical (unpaired) electrons. The Balaban J connectivity index is 1.56.